The van der Waals surface area contributed by atoms with Gasteiger partial charge in [0.25, 0.3) is 5.91 Å². The van der Waals surface area contributed by atoms with Crippen molar-refractivity contribution < 1.29 is 14.4 Å². The van der Waals surface area contributed by atoms with Crippen LogP contribution in [0, 0.1) is 11.8 Å². The largest absolute Gasteiger partial charge is 0.352 e. The maximum Gasteiger partial charge on any atom is 0.251 e. The molecule has 0 aromatic heterocycles. The summed E-state index contributed by atoms with van der Waals surface area (Å²) in [5.41, 5.74) is 1.15. The van der Waals surface area contributed by atoms with E-state index < -0.39 is 0 Å². The average Bonchev–Trinajstić information content (AvgIpc) is 3.38. The molecule has 3 rings (SSSR count). The summed E-state index contributed by atoms with van der Waals surface area (Å²) in [4.78, 5) is 36.0. The molecular formula is C20H27N3O3. The minimum Gasteiger partial charge on any atom is -0.352 e. The number of rotatable bonds is 6. The molecule has 0 aliphatic heterocycles. The lowest BCUT2D eigenvalue weighted by atomic mass is 9.95. The summed E-state index contributed by atoms with van der Waals surface area (Å²) in [5, 5.41) is 8.48. The second-order valence-corrected chi connectivity index (χ2v) is 7.47. The molecule has 2 aliphatic rings. The summed E-state index contributed by atoms with van der Waals surface area (Å²) in [6, 6.07) is 6.97. The number of nitrogens with one attached hydrogen (secondary N) is 3. The van der Waals surface area contributed by atoms with E-state index in [-0.39, 0.29) is 36.2 Å². The zero-order valence-electron chi connectivity index (χ0n) is 15.2. The van der Waals surface area contributed by atoms with Crippen molar-refractivity contribution in [2.45, 2.75) is 51.5 Å². The third kappa shape index (κ3) is 5.07. The van der Waals surface area contributed by atoms with Crippen LogP contribution in [0.25, 0.3) is 0 Å². The van der Waals surface area contributed by atoms with Crippen LogP contribution in [0.4, 0.5) is 5.69 Å². The van der Waals surface area contributed by atoms with Crippen LogP contribution in [0.15, 0.2) is 24.3 Å². The summed E-state index contributed by atoms with van der Waals surface area (Å²) in [6.45, 7) is 2.04. The van der Waals surface area contributed by atoms with Gasteiger partial charge in [-0.1, -0.05) is 26.2 Å². The third-order valence-electron chi connectivity index (χ3n) is 5.24. The van der Waals surface area contributed by atoms with Crippen LogP contribution in [0.5, 0.6) is 0 Å². The lowest BCUT2D eigenvalue weighted by molar-refractivity contribution is -0.121. The van der Waals surface area contributed by atoms with E-state index in [1.165, 1.54) is 6.42 Å². The van der Waals surface area contributed by atoms with Crippen molar-refractivity contribution in [1.29, 1.82) is 0 Å². The molecular weight excluding hydrogens is 330 g/mol. The van der Waals surface area contributed by atoms with Crippen molar-refractivity contribution in [3.05, 3.63) is 29.8 Å². The first-order valence-electron chi connectivity index (χ1n) is 9.51. The molecule has 0 spiro atoms. The molecule has 26 heavy (non-hydrogen) atoms. The van der Waals surface area contributed by atoms with Crippen molar-refractivity contribution in [2.24, 2.45) is 11.8 Å². The fraction of sp³-hybridized carbons (Fsp3) is 0.550. The van der Waals surface area contributed by atoms with Crippen LogP contribution in [-0.4, -0.2) is 30.3 Å². The van der Waals surface area contributed by atoms with Gasteiger partial charge in [-0.3, -0.25) is 14.4 Å². The topological polar surface area (TPSA) is 87.3 Å². The highest BCUT2D eigenvalue weighted by Crippen LogP contribution is 2.38. The van der Waals surface area contributed by atoms with Gasteiger partial charge in [-0.15, -0.1) is 0 Å². The average molecular weight is 357 g/mol. The molecule has 2 aliphatic carbocycles. The number of carbonyl (C=O) groups is 3. The summed E-state index contributed by atoms with van der Waals surface area (Å²) in [6.07, 6.45) is 6.52. The molecule has 3 amide bonds. The Morgan fingerprint density at radius 3 is 2.31 bits per heavy atom. The Morgan fingerprint density at radius 1 is 1.04 bits per heavy atom. The highest BCUT2D eigenvalue weighted by atomic mass is 16.2. The SMILES string of the molecule is CC1CC1C(=O)Nc1ccc(C(=O)NCC(=O)NC2CCCCC2)cc1. The fourth-order valence-corrected chi connectivity index (χ4v) is 3.42. The maximum absolute atomic E-state index is 12.2. The molecule has 1 aromatic rings. The summed E-state index contributed by atoms with van der Waals surface area (Å²) >= 11 is 0. The number of hydrogen-bond donors (Lipinski definition) is 3. The fourth-order valence-electron chi connectivity index (χ4n) is 3.42. The highest BCUT2D eigenvalue weighted by molar-refractivity contribution is 5.98. The van der Waals surface area contributed by atoms with E-state index in [1.807, 2.05) is 0 Å². The van der Waals surface area contributed by atoms with E-state index in [4.69, 9.17) is 0 Å². The lowest BCUT2D eigenvalue weighted by Gasteiger charge is -2.22. The highest BCUT2D eigenvalue weighted by Gasteiger charge is 2.39. The Labute approximate surface area is 154 Å². The molecule has 2 unspecified atom stereocenters. The number of amides is 3. The molecule has 0 heterocycles. The predicted octanol–water partition coefficient (Wildman–Crippen LogP) is 2.46. The number of benzene rings is 1. The van der Waals surface area contributed by atoms with Crippen LogP contribution in [-0.2, 0) is 9.59 Å². The quantitative estimate of drug-likeness (QED) is 0.731. The standard InChI is InChI=1S/C20H27N3O3/c1-13-11-17(13)20(26)23-16-9-7-14(8-10-16)19(25)21-12-18(24)22-15-5-3-2-4-6-15/h7-10,13,15,17H,2-6,11-12H2,1H3,(H,21,25)(H,22,24)(H,23,26). The zero-order valence-corrected chi connectivity index (χ0v) is 15.2. The Kier molecular flexibility index (Phi) is 5.91. The van der Waals surface area contributed by atoms with Crippen molar-refractivity contribution in [3.8, 4) is 0 Å². The van der Waals surface area contributed by atoms with Gasteiger partial charge in [0.15, 0.2) is 0 Å². The Bertz CT molecular complexity index is 665. The van der Waals surface area contributed by atoms with Gasteiger partial charge in [0.1, 0.15) is 0 Å². The minimum absolute atomic E-state index is 0.0204. The molecule has 0 radical (unpaired) electrons. The monoisotopic (exact) mass is 357 g/mol. The summed E-state index contributed by atoms with van der Waals surface area (Å²) in [7, 11) is 0. The van der Waals surface area contributed by atoms with Gasteiger partial charge in [-0.2, -0.15) is 0 Å². The number of hydrogen-bond acceptors (Lipinski definition) is 3. The van der Waals surface area contributed by atoms with Gasteiger partial charge >= 0.3 is 0 Å². The van der Waals surface area contributed by atoms with E-state index in [1.54, 1.807) is 24.3 Å². The Balaban J connectivity index is 1.42. The summed E-state index contributed by atoms with van der Waals surface area (Å²) < 4.78 is 0. The van der Waals surface area contributed by atoms with Gasteiger partial charge in [0.2, 0.25) is 11.8 Å². The molecule has 140 valence electrons. The number of carbonyl (C=O) groups excluding carboxylic acids is 3. The van der Waals surface area contributed by atoms with Crippen LogP contribution < -0.4 is 16.0 Å². The molecule has 6 heteroatoms. The van der Waals surface area contributed by atoms with E-state index in [9.17, 15) is 14.4 Å². The minimum atomic E-state index is -0.294. The van der Waals surface area contributed by atoms with Gasteiger partial charge < -0.3 is 16.0 Å². The van der Waals surface area contributed by atoms with Gasteiger partial charge in [-0.05, 0) is 49.4 Å². The maximum atomic E-state index is 12.2. The first kappa shape index (κ1) is 18.4. The molecule has 6 nitrogen and oxygen atoms in total. The van der Waals surface area contributed by atoms with E-state index in [2.05, 4.69) is 22.9 Å². The van der Waals surface area contributed by atoms with Crippen LogP contribution >= 0.6 is 0 Å². The Hall–Kier alpha value is -2.37. The molecule has 2 atom stereocenters. The molecule has 3 N–H and O–H groups in total. The van der Waals surface area contributed by atoms with Crippen LogP contribution in [0.1, 0.15) is 55.8 Å². The first-order valence-corrected chi connectivity index (χ1v) is 9.51. The van der Waals surface area contributed by atoms with Crippen LogP contribution in [0.2, 0.25) is 0 Å². The number of anilines is 1. The second kappa shape index (κ2) is 8.34. The summed E-state index contributed by atoms with van der Waals surface area (Å²) in [5.74, 6) is 0.166. The van der Waals surface area contributed by atoms with Gasteiger partial charge in [0.05, 0.1) is 6.54 Å². The molecule has 1 aromatic carbocycles. The van der Waals surface area contributed by atoms with E-state index >= 15 is 0 Å². The van der Waals surface area contributed by atoms with Crippen molar-refractivity contribution in [3.63, 3.8) is 0 Å². The lowest BCUT2D eigenvalue weighted by Crippen LogP contribution is -2.42. The molecule has 0 bridgehead atoms. The predicted molar refractivity (Wildman–Crippen MR) is 99.7 cm³/mol. The first-order chi connectivity index (χ1) is 12.5. The van der Waals surface area contributed by atoms with E-state index in [0.717, 1.165) is 32.1 Å². The molecule has 2 saturated carbocycles. The van der Waals surface area contributed by atoms with Crippen molar-refractivity contribution in [2.75, 3.05) is 11.9 Å². The van der Waals surface area contributed by atoms with Crippen molar-refractivity contribution >= 4 is 23.4 Å². The third-order valence-corrected chi connectivity index (χ3v) is 5.24. The smallest absolute Gasteiger partial charge is 0.251 e. The molecule has 2 fully saturated rings. The zero-order chi connectivity index (χ0) is 18.5. The Morgan fingerprint density at radius 2 is 1.69 bits per heavy atom. The van der Waals surface area contributed by atoms with Crippen molar-refractivity contribution in [1.82, 2.24) is 10.6 Å². The normalized spacial score (nSPS) is 22.3. The van der Waals surface area contributed by atoms with Gasteiger partial charge in [0, 0.05) is 23.2 Å². The van der Waals surface area contributed by atoms with Gasteiger partial charge in [-0.25, -0.2) is 0 Å². The second-order valence-electron chi connectivity index (χ2n) is 7.47. The molecule has 0 saturated heterocycles. The van der Waals surface area contributed by atoms with Crippen LogP contribution in [0.3, 0.4) is 0 Å². The van der Waals surface area contributed by atoms with E-state index in [0.29, 0.717) is 17.2 Å².